The molecule has 23 heavy (non-hydrogen) atoms. The first kappa shape index (κ1) is 16.8. The summed E-state index contributed by atoms with van der Waals surface area (Å²) in [5.41, 5.74) is 1.21. The highest BCUT2D eigenvalue weighted by molar-refractivity contribution is 5.88. The minimum Gasteiger partial charge on any atom is -0.478 e. The third-order valence-corrected chi connectivity index (χ3v) is 3.22. The van der Waals surface area contributed by atoms with Gasteiger partial charge in [0.05, 0.1) is 23.0 Å². The standard InChI is InChI=1S/C16H21N5O2/c1-10(2)14-12(15(22)23)8-17-13(18-14)7-6-11-9-21(20-19-11)16(3,4)5/h6-10H,1-5H3,(H,22,23). The fourth-order valence-corrected chi connectivity index (χ4v) is 1.94. The fraction of sp³-hybridized carbons (Fsp3) is 0.438. The van der Waals surface area contributed by atoms with Gasteiger partial charge >= 0.3 is 5.97 Å². The topological polar surface area (TPSA) is 93.8 Å². The smallest absolute Gasteiger partial charge is 0.339 e. The number of hydrogen-bond donors (Lipinski definition) is 1. The molecular weight excluding hydrogens is 294 g/mol. The zero-order valence-corrected chi connectivity index (χ0v) is 14.0. The molecule has 0 aliphatic rings. The summed E-state index contributed by atoms with van der Waals surface area (Å²) in [6.45, 7) is 9.92. The van der Waals surface area contributed by atoms with Crippen LogP contribution in [0, 0.1) is 0 Å². The van der Waals surface area contributed by atoms with Crippen molar-refractivity contribution < 1.29 is 9.90 Å². The SMILES string of the molecule is CC(C)c1nc(C=Cc2cn(C(C)(C)C)nn2)ncc1C(=O)O. The highest BCUT2D eigenvalue weighted by Crippen LogP contribution is 2.17. The summed E-state index contributed by atoms with van der Waals surface area (Å²) in [7, 11) is 0. The second kappa shape index (κ2) is 6.28. The average molecular weight is 315 g/mol. The molecule has 122 valence electrons. The fourth-order valence-electron chi connectivity index (χ4n) is 1.94. The number of carbonyl (C=O) groups is 1. The highest BCUT2D eigenvalue weighted by Gasteiger charge is 2.16. The molecule has 2 heterocycles. The molecule has 2 rings (SSSR count). The van der Waals surface area contributed by atoms with Gasteiger partial charge in [0, 0.05) is 6.20 Å². The van der Waals surface area contributed by atoms with Crippen molar-refractivity contribution in [3.63, 3.8) is 0 Å². The average Bonchev–Trinajstić information content (AvgIpc) is 2.93. The zero-order valence-electron chi connectivity index (χ0n) is 14.0. The number of carboxylic acid groups (broad SMARTS) is 1. The molecule has 0 aliphatic carbocycles. The highest BCUT2D eigenvalue weighted by atomic mass is 16.4. The Morgan fingerprint density at radius 3 is 2.52 bits per heavy atom. The van der Waals surface area contributed by atoms with Crippen LogP contribution in [-0.4, -0.2) is 36.0 Å². The van der Waals surface area contributed by atoms with Crippen LogP contribution in [-0.2, 0) is 5.54 Å². The molecule has 0 spiro atoms. The third-order valence-electron chi connectivity index (χ3n) is 3.22. The molecule has 1 N–H and O–H groups in total. The summed E-state index contributed by atoms with van der Waals surface area (Å²) in [4.78, 5) is 19.6. The lowest BCUT2D eigenvalue weighted by Gasteiger charge is -2.17. The lowest BCUT2D eigenvalue weighted by molar-refractivity contribution is 0.0694. The van der Waals surface area contributed by atoms with Crippen LogP contribution in [0.4, 0.5) is 0 Å². The normalized spacial score (nSPS) is 12.3. The van der Waals surface area contributed by atoms with Crippen LogP contribution in [0.15, 0.2) is 12.4 Å². The molecule has 0 bridgehead atoms. The van der Waals surface area contributed by atoms with E-state index in [2.05, 4.69) is 20.3 Å². The van der Waals surface area contributed by atoms with Gasteiger partial charge in [-0.15, -0.1) is 5.10 Å². The van der Waals surface area contributed by atoms with Gasteiger partial charge in [-0.05, 0) is 38.8 Å². The van der Waals surface area contributed by atoms with Gasteiger partial charge in [-0.2, -0.15) is 0 Å². The number of carboxylic acids is 1. The van der Waals surface area contributed by atoms with E-state index < -0.39 is 5.97 Å². The van der Waals surface area contributed by atoms with Crippen molar-refractivity contribution in [3.8, 4) is 0 Å². The molecule has 7 nitrogen and oxygen atoms in total. The van der Waals surface area contributed by atoms with Crippen LogP contribution in [0.25, 0.3) is 12.2 Å². The van der Waals surface area contributed by atoms with Crippen molar-refractivity contribution in [2.45, 2.75) is 46.1 Å². The van der Waals surface area contributed by atoms with Crippen LogP contribution >= 0.6 is 0 Å². The van der Waals surface area contributed by atoms with Crippen molar-refractivity contribution in [1.29, 1.82) is 0 Å². The van der Waals surface area contributed by atoms with E-state index in [4.69, 9.17) is 0 Å². The van der Waals surface area contributed by atoms with E-state index >= 15 is 0 Å². The van der Waals surface area contributed by atoms with E-state index in [1.54, 1.807) is 16.8 Å². The van der Waals surface area contributed by atoms with E-state index in [1.165, 1.54) is 6.20 Å². The lowest BCUT2D eigenvalue weighted by Crippen LogP contribution is -2.22. The summed E-state index contributed by atoms with van der Waals surface area (Å²) in [6, 6.07) is 0. The summed E-state index contributed by atoms with van der Waals surface area (Å²) in [5, 5.41) is 17.3. The Morgan fingerprint density at radius 1 is 1.30 bits per heavy atom. The van der Waals surface area contributed by atoms with Gasteiger partial charge in [0.15, 0.2) is 5.82 Å². The molecule has 0 amide bonds. The maximum Gasteiger partial charge on any atom is 0.339 e. The Kier molecular flexibility index (Phi) is 4.58. The molecule has 0 radical (unpaired) electrons. The number of hydrogen-bond acceptors (Lipinski definition) is 5. The van der Waals surface area contributed by atoms with Gasteiger partial charge in [0.2, 0.25) is 0 Å². The molecule has 0 fully saturated rings. The van der Waals surface area contributed by atoms with Gasteiger partial charge in [0.1, 0.15) is 5.69 Å². The Hall–Kier alpha value is -2.57. The van der Waals surface area contributed by atoms with Crippen LogP contribution in [0.5, 0.6) is 0 Å². The van der Waals surface area contributed by atoms with E-state index in [0.717, 1.165) is 0 Å². The second-order valence-electron chi connectivity index (χ2n) is 6.58. The first-order valence-electron chi connectivity index (χ1n) is 7.39. The molecule has 7 heteroatoms. The molecule has 0 saturated heterocycles. The number of rotatable bonds is 4. The molecule has 0 aliphatic heterocycles. The van der Waals surface area contributed by atoms with Gasteiger partial charge in [-0.1, -0.05) is 19.1 Å². The van der Waals surface area contributed by atoms with Gasteiger partial charge in [0.25, 0.3) is 0 Å². The minimum atomic E-state index is -1.02. The van der Waals surface area contributed by atoms with E-state index in [-0.39, 0.29) is 17.0 Å². The molecule has 0 aromatic carbocycles. The largest absolute Gasteiger partial charge is 0.478 e. The molecule has 0 atom stereocenters. The Balaban J connectivity index is 2.28. The third kappa shape index (κ3) is 4.00. The minimum absolute atomic E-state index is 0.00184. The number of nitrogens with zero attached hydrogens (tertiary/aromatic N) is 5. The quantitative estimate of drug-likeness (QED) is 0.932. The van der Waals surface area contributed by atoms with Gasteiger partial charge in [-0.3, -0.25) is 0 Å². The number of aromatic carboxylic acids is 1. The first-order chi connectivity index (χ1) is 10.7. The molecule has 2 aromatic heterocycles. The molecule has 0 unspecified atom stereocenters. The zero-order chi connectivity index (χ0) is 17.2. The molecular formula is C16H21N5O2. The van der Waals surface area contributed by atoms with Crippen LogP contribution in [0.1, 0.15) is 68.1 Å². The summed E-state index contributed by atoms with van der Waals surface area (Å²) < 4.78 is 1.78. The van der Waals surface area contributed by atoms with Crippen molar-refractivity contribution in [2.24, 2.45) is 0 Å². The van der Waals surface area contributed by atoms with E-state index in [1.807, 2.05) is 40.8 Å². The second-order valence-corrected chi connectivity index (χ2v) is 6.58. The maximum atomic E-state index is 11.2. The maximum absolute atomic E-state index is 11.2. The summed E-state index contributed by atoms with van der Waals surface area (Å²) in [5.74, 6) is -0.570. The Bertz CT molecular complexity index is 741. The lowest BCUT2D eigenvalue weighted by atomic mass is 10.1. The molecule has 0 saturated carbocycles. The van der Waals surface area contributed by atoms with E-state index in [0.29, 0.717) is 17.2 Å². The Morgan fingerprint density at radius 2 is 2.00 bits per heavy atom. The van der Waals surface area contributed by atoms with Crippen molar-refractivity contribution in [1.82, 2.24) is 25.0 Å². The van der Waals surface area contributed by atoms with Gasteiger partial charge < -0.3 is 5.11 Å². The van der Waals surface area contributed by atoms with Gasteiger partial charge in [-0.25, -0.2) is 19.4 Å². The van der Waals surface area contributed by atoms with E-state index in [9.17, 15) is 9.90 Å². The van der Waals surface area contributed by atoms with Crippen LogP contribution in [0.2, 0.25) is 0 Å². The first-order valence-corrected chi connectivity index (χ1v) is 7.39. The predicted octanol–water partition coefficient (Wildman–Crippen LogP) is 2.82. The predicted molar refractivity (Wildman–Crippen MR) is 87.0 cm³/mol. The van der Waals surface area contributed by atoms with Crippen molar-refractivity contribution in [2.75, 3.05) is 0 Å². The monoisotopic (exact) mass is 315 g/mol. The van der Waals surface area contributed by atoms with Crippen LogP contribution < -0.4 is 0 Å². The van der Waals surface area contributed by atoms with Crippen molar-refractivity contribution >= 4 is 18.1 Å². The summed E-state index contributed by atoms with van der Waals surface area (Å²) >= 11 is 0. The van der Waals surface area contributed by atoms with Crippen molar-refractivity contribution in [3.05, 3.63) is 35.2 Å². The Labute approximate surface area is 135 Å². The van der Waals surface area contributed by atoms with Crippen LogP contribution in [0.3, 0.4) is 0 Å². The number of aromatic nitrogens is 5. The summed E-state index contributed by atoms with van der Waals surface area (Å²) in [6.07, 6.45) is 6.64. The molecule has 2 aromatic rings.